The highest BCUT2D eigenvalue weighted by Crippen LogP contribution is 2.22. The smallest absolute Gasteiger partial charge is 0.237 e. The third-order valence-electron chi connectivity index (χ3n) is 3.15. The molecule has 1 saturated heterocycles. The number of nitrogens with two attached hydrogens (primary N) is 2. The topological polar surface area (TPSA) is 94.5 Å². The van der Waals surface area contributed by atoms with E-state index in [4.69, 9.17) is 16.2 Å². The van der Waals surface area contributed by atoms with Crippen molar-refractivity contribution < 1.29 is 9.53 Å². The minimum atomic E-state index is -0.436. The Kier molecular flexibility index (Phi) is 4.24. The van der Waals surface area contributed by atoms with Crippen molar-refractivity contribution in [1.82, 2.24) is 9.88 Å². The average Bonchev–Trinajstić information content (AvgIpc) is 2.41. The third kappa shape index (κ3) is 2.66. The molecule has 6 heteroatoms. The first kappa shape index (κ1) is 12.9. The van der Waals surface area contributed by atoms with E-state index in [0.29, 0.717) is 26.3 Å². The molecule has 4 N–H and O–H groups in total. The predicted molar refractivity (Wildman–Crippen MR) is 66.5 cm³/mol. The van der Waals surface area contributed by atoms with E-state index in [0.717, 1.165) is 5.69 Å². The van der Waals surface area contributed by atoms with Crippen molar-refractivity contribution in [2.45, 2.75) is 12.1 Å². The quantitative estimate of drug-likeness (QED) is 0.734. The number of hydrogen-bond acceptors (Lipinski definition) is 5. The van der Waals surface area contributed by atoms with Gasteiger partial charge in [-0.25, -0.2) is 0 Å². The molecule has 98 valence electrons. The summed E-state index contributed by atoms with van der Waals surface area (Å²) in [6.07, 6.45) is 1.72. The van der Waals surface area contributed by atoms with Gasteiger partial charge >= 0.3 is 0 Å². The number of morpholine rings is 1. The molecule has 6 nitrogen and oxygen atoms in total. The molecule has 1 aliphatic heterocycles. The lowest BCUT2D eigenvalue weighted by atomic mass is 10.1. The standard InChI is InChI=1S/C12H18N4O2/c13-7-10(9-3-1-2-4-15-9)16-5-6-18-8-11(16)12(14)17/h1-4,10-11H,5-8,13H2,(H2,14,17). The van der Waals surface area contributed by atoms with Crippen molar-refractivity contribution in [1.29, 1.82) is 0 Å². The Hall–Kier alpha value is -1.50. The second-order valence-corrected chi connectivity index (χ2v) is 4.24. The zero-order valence-electron chi connectivity index (χ0n) is 10.2. The van der Waals surface area contributed by atoms with Crippen LogP contribution in [0.3, 0.4) is 0 Å². The van der Waals surface area contributed by atoms with E-state index in [1.165, 1.54) is 0 Å². The molecule has 2 unspecified atom stereocenters. The summed E-state index contributed by atoms with van der Waals surface area (Å²) in [5.41, 5.74) is 12.1. The Morgan fingerprint density at radius 2 is 2.44 bits per heavy atom. The molecule has 2 atom stereocenters. The predicted octanol–water partition coefficient (Wildman–Crippen LogP) is -0.732. The van der Waals surface area contributed by atoms with Crippen LogP contribution in [-0.2, 0) is 9.53 Å². The van der Waals surface area contributed by atoms with Gasteiger partial charge in [-0.15, -0.1) is 0 Å². The first-order valence-electron chi connectivity index (χ1n) is 5.98. The van der Waals surface area contributed by atoms with Gasteiger partial charge in [0.15, 0.2) is 0 Å². The fraction of sp³-hybridized carbons (Fsp3) is 0.500. The van der Waals surface area contributed by atoms with Gasteiger partial charge in [-0.05, 0) is 12.1 Å². The van der Waals surface area contributed by atoms with Crippen LogP contribution in [0.5, 0.6) is 0 Å². The summed E-state index contributed by atoms with van der Waals surface area (Å²) >= 11 is 0. The van der Waals surface area contributed by atoms with E-state index in [-0.39, 0.29) is 11.9 Å². The molecule has 0 aromatic carbocycles. The Balaban J connectivity index is 2.22. The number of ether oxygens (including phenoxy) is 1. The highest BCUT2D eigenvalue weighted by molar-refractivity contribution is 5.80. The fourth-order valence-electron chi connectivity index (χ4n) is 2.23. The van der Waals surface area contributed by atoms with Crippen LogP contribution in [0.4, 0.5) is 0 Å². The lowest BCUT2D eigenvalue weighted by molar-refractivity contribution is -0.131. The Morgan fingerprint density at radius 3 is 3.06 bits per heavy atom. The van der Waals surface area contributed by atoms with Gasteiger partial charge in [0.1, 0.15) is 6.04 Å². The molecular formula is C12H18N4O2. The molecule has 0 saturated carbocycles. The van der Waals surface area contributed by atoms with Gasteiger partial charge in [0.05, 0.1) is 24.9 Å². The molecule has 18 heavy (non-hydrogen) atoms. The minimum absolute atomic E-state index is 0.104. The highest BCUT2D eigenvalue weighted by atomic mass is 16.5. The van der Waals surface area contributed by atoms with Crippen LogP contribution in [0.1, 0.15) is 11.7 Å². The number of aromatic nitrogens is 1. The number of carbonyl (C=O) groups excluding carboxylic acids is 1. The van der Waals surface area contributed by atoms with Gasteiger partial charge < -0.3 is 16.2 Å². The number of pyridine rings is 1. The molecule has 0 bridgehead atoms. The molecule has 0 spiro atoms. The molecular weight excluding hydrogens is 232 g/mol. The maximum atomic E-state index is 11.5. The monoisotopic (exact) mass is 250 g/mol. The van der Waals surface area contributed by atoms with Gasteiger partial charge in [-0.2, -0.15) is 0 Å². The largest absolute Gasteiger partial charge is 0.378 e. The first-order chi connectivity index (χ1) is 8.74. The molecule has 1 aromatic rings. The fourth-order valence-corrected chi connectivity index (χ4v) is 2.23. The summed E-state index contributed by atoms with van der Waals surface area (Å²) in [6, 6.07) is 5.12. The number of hydrogen-bond donors (Lipinski definition) is 2. The second-order valence-electron chi connectivity index (χ2n) is 4.24. The summed E-state index contributed by atoms with van der Waals surface area (Å²) in [5.74, 6) is -0.385. The van der Waals surface area contributed by atoms with Crippen LogP contribution < -0.4 is 11.5 Å². The van der Waals surface area contributed by atoms with Crippen LogP contribution in [-0.4, -0.2) is 48.1 Å². The molecule has 2 rings (SSSR count). The summed E-state index contributed by atoms with van der Waals surface area (Å²) in [7, 11) is 0. The molecule has 0 radical (unpaired) electrons. The number of nitrogens with zero attached hydrogens (tertiary/aromatic N) is 2. The zero-order chi connectivity index (χ0) is 13.0. The normalized spacial score (nSPS) is 22.6. The van der Waals surface area contributed by atoms with E-state index >= 15 is 0 Å². The SMILES string of the molecule is NCC(c1ccccn1)N1CCOCC1C(N)=O. The van der Waals surface area contributed by atoms with E-state index in [1.807, 2.05) is 23.1 Å². The molecule has 1 aliphatic rings. The Bertz CT molecular complexity index is 398. The number of carbonyl (C=O) groups is 1. The summed E-state index contributed by atoms with van der Waals surface area (Å²) < 4.78 is 5.30. The van der Waals surface area contributed by atoms with Crippen LogP contribution in [0.2, 0.25) is 0 Å². The second kappa shape index (κ2) is 5.90. The lowest BCUT2D eigenvalue weighted by Crippen LogP contribution is -2.54. The average molecular weight is 250 g/mol. The molecule has 2 heterocycles. The first-order valence-corrected chi connectivity index (χ1v) is 5.98. The molecule has 1 amide bonds. The van der Waals surface area contributed by atoms with E-state index in [9.17, 15) is 4.79 Å². The van der Waals surface area contributed by atoms with Crippen molar-refractivity contribution in [2.24, 2.45) is 11.5 Å². The molecule has 0 aliphatic carbocycles. The Morgan fingerprint density at radius 1 is 1.61 bits per heavy atom. The number of rotatable bonds is 4. The van der Waals surface area contributed by atoms with Gasteiger partial charge in [0.25, 0.3) is 0 Å². The maximum absolute atomic E-state index is 11.5. The summed E-state index contributed by atoms with van der Waals surface area (Å²) in [4.78, 5) is 17.7. The van der Waals surface area contributed by atoms with Gasteiger partial charge in [-0.3, -0.25) is 14.7 Å². The van der Waals surface area contributed by atoms with E-state index in [1.54, 1.807) is 6.20 Å². The maximum Gasteiger partial charge on any atom is 0.237 e. The Labute approximate surface area is 106 Å². The summed E-state index contributed by atoms with van der Waals surface area (Å²) in [5, 5.41) is 0. The number of amides is 1. The van der Waals surface area contributed by atoms with Crippen molar-refractivity contribution >= 4 is 5.91 Å². The van der Waals surface area contributed by atoms with Crippen molar-refractivity contribution in [2.75, 3.05) is 26.3 Å². The summed E-state index contributed by atoms with van der Waals surface area (Å²) in [6.45, 7) is 1.92. The molecule has 1 fully saturated rings. The van der Waals surface area contributed by atoms with Gasteiger partial charge in [0.2, 0.25) is 5.91 Å². The minimum Gasteiger partial charge on any atom is -0.378 e. The van der Waals surface area contributed by atoms with Gasteiger partial charge in [-0.1, -0.05) is 6.07 Å². The van der Waals surface area contributed by atoms with Crippen molar-refractivity contribution in [3.63, 3.8) is 0 Å². The van der Waals surface area contributed by atoms with Gasteiger partial charge in [0, 0.05) is 19.3 Å². The van der Waals surface area contributed by atoms with Crippen LogP contribution in [0.15, 0.2) is 24.4 Å². The number of primary amides is 1. The van der Waals surface area contributed by atoms with Crippen molar-refractivity contribution in [3.8, 4) is 0 Å². The molecule has 1 aromatic heterocycles. The highest BCUT2D eigenvalue weighted by Gasteiger charge is 2.33. The van der Waals surface area contributed by atoms with Crippen LogP contribution in [0, 0.1) is 0 Å². The van der Waals surface area contributed by atoms with Crippen LogP contribution in [0.25, 0.3) is 0 Å². The van der Waals surface area contributed by atoms with E-state index < -0.39 is 6.04 Å². The third-order valence-corrected chi connectivity index (χ3v) is 3.15. The zero-order valence-corrected chi connectivity index (χ0v) is 10.2. The van der Waals surface area contributed by atoms with E-state index in [2.05, 4.69) is 4.98 Å². The van der Waals surface area contributed by atoms with Crippen molar-refractivity contribution in [3.05, 3.63) is 30.1 Å². The van der Waals surface area contributed by atoms with Crippen LogP contribution >= 0.6 is 0 Å². The lowest BCUT2D eigenvalue weighted by Gasteiger charge is -2.38.